The highest BCUT2D eigenvalue weighted by molar-refractivity contribution is 5.67. The molecule has 3 N–H and O–H groups in total. The first kappa shape index (κ1) is 17.9. The van der Waals surface area contributed by atoms with Gasteiger partial charge in [-0.2, -0.15) is 0 Å². The molecule has 1 heterocycles. The van der Waals surface area contributed by atoms with Crippen molar-refractivity contribution in [2.45, 2.75) is 32.2 Å². The summed E-state index contributed by atoms with van der Waals surface area (Å²) in [7, 11) is 0. The minimum absolute atomic E-state index is 0.116. The van der Waals surface area contributed by atoms with Crippen LogP contribution in [-0.2, 0) is 11.2 Å². The number of benzene rings is 1. The van der Waals surface area contributed by atoms with Crippen LogP contribution < -0.4 is 10.5 Å². The van der Waals surface area contributed by atoms with Gasteiger partial charge in [0.15, 0.2) is 0 Å². The zero-order chi connectivity index (χ0) is 17.4. The fourth-order valence-corrected chi connectivity index (χ4v) is 2.54. The van der Waals surface area contributed by atoms with Crippen LogP contribution in [0.1, 0.15) is 37.1 Å². The van der Waals surface area contributed by atoms with Crippen LogP contribution in [-0.4, -0.2) is 22.7 Å². The fourth-order valence-electron chi connectivity index (χ4n) is 2.54. The first-order valence-electron chi connectivity index (χ1n) is 8.14. The van der Waals surface area contributed by atoms with Gasteiger partial charge in [0.2, 0.25) is 0 Å². The quantitative estimate of drug-likeness (QED) is 0.738. The van der Waals surface area contributed by atoms with Gasteiger partial charge in [-0.3, -0.25) is 9.78 Å². The van der Waals surface area contributed by atoms with E-state index in [4.69, 9.17) is 15.6 Å². The van der Waals surface area contributed by atoms with Crippen LogP contribution in [0.15, 0.2) is 48.7 Å². The number of pyridine rings is 1. The molecule has 0 amide bonds. The maximum atomic E-state index is 10.7. The lowest BCUT2D eigenvalue weighted by atomic mass is 9.98. The smallest absolute Gasteiger partial charge is 0.303 e. The van der Waals surface area contributed by atoms with Gasteiger partial charge in [0.1, 0.15) is 5.75 Å². The van der Waals surface area contributed by atoms with E-state index in [1.807, 2.05) is 49.4 Å². The standard InChI is InChI=1S/C19H24N2O3/c1-14(13-19(22)23)12-15-5-7-16(8-6-15)24-11-9-17(20)18-4-2-3-10-21-18/h2-8,10,14,17H,9,11-13,20H2,1H3,(H,22,23). The van der Waals surface area contributed by atoms with Gasteiger partial charge in [-0.25, -0.2) is 0 Å². The summed E-state index contributed by atoms with van der Waals surface area (Å²) in [5, 5.41) is 8.80. The van der Waals surface area contributed by atoms with E-state index in [2.05, 4.69) is 4.98 Å². The molecule has 5 nitrogen and oxygen atoms in total. The van der Waals surface area contributed by atoms with E-state index in [1.54, 1.807) is 6.20 Å². The van der Waals surface area contributed by atoms with E-state index < -0.39 is 5.97 Å². The van der Waals surface area contributed by atoms with Crippen molar-refractivity contribution in [3.05, 3.63) is 59.9 Å². The summed E-state index contributed by atoms with van der Waals surface area (Å²) in [5.74, 6) is 0.148. The number of rotatable bonds is 9. The highest BCUT2D eigenvalue weighted by atomic mass is 16.5. The summed E-state index contributed by atoms with van der Waals surface area (Å²) >= 11 is 0. The zero-order valence-corrected chi connectivity index (χ0v) is 13.9. The number of carboxylic acids is 1. The monoisotopic (exact) mass is 328 g/mol. The van der Waals surface area contributed by atoms with Crippen molar-refractivity contribution in [3.8, 4) is 5.75 Å². The van der Waals surface area contributed by atoms with Crippen LogP contribution in [0.3, 0.4) is 0 Å². The molecule has 2 atom stereocenters. The van der Waals surface area contributed by atoms with Gasteiger partial charge in [0.05, 0.1) is 18.3 Å². The minimum Gasteiger partial charge on any atom is -0.494 e. The summed E-state index contributed by atoms with van der Waals surface area (Å²) in [6.45, 7) is 2.46. The molecule has 2 rings (SSSR count). The normalized spacial score (nSPS) is 13.2. The van der Waals surface area contributed by atoms with Crippen molar-refractivity contribution in [1.82, 2.24) is 4.98 Å². The average molecular weight is 328 g/mol. The van der Waals surface area contributed by atoms with Gasteiger partial charge in [-0.05, 0) is 42.2 Å². The molecule has 0 spiro atoms. The lowest BCUT2D eigenvalue weighted by molar-refractivity contribution is -0.137. The molecule has 2 unspecified atom stereocenters. The van der Waals surface area contributed by atoms with Gasteiger partial charge in [-0.1, -0.05) is 25.1 Å². The van der Waals surface area contributed by atoms with Crippen LogP contribution in [0.25, 0.3) is 0 Å². The summed E-state index contributed by atoms with van der Waals surface area (Å²) in [5.41, 5.74) is 8.06. The third-order valence-corrected chi connectivity index (χ3v) is 3.80. The predicted molar refractivity (Wildman–Crippen MR) is 92.8 cm³/mol. The molecular weight excluding hydrogens is 304 g/mol. The number of nitrogens with zero attached hydrogens (tertiary/aromatic N) is 1. The van der Waals surface area contributed by atoms with Crippen LogP contribution >= 0.6 is 0 Å². The maximum absolute atomic E-state index is 10.7. The molecule has 24 heavy (non-hydrogen) atoms. The first-order valence-corrected chi connectivity index (χ1v) is 8.14. The van der Waals surface area contributed by atoms with Gasteiger partial charge in [0, 0.05) is 19.0 Å². The Bertz CT molecular complexity index is 629. The second-order valence-electron chi connectivity index (χ2n) is 6.05. The summed E-state index contributed by atoms with van der Waals surface area (Å²) in [4.78, 5) is 14.9. The molecular formula is C19H24N2O3. The zero-order valence-electron chi connectivity index (χ0n) is 13.9. The lowest BCUT2D eigenvalue weighted by Gasteiger charge is -2.13. The third kappa shape index (κ3) is 6.01. The molecule has 0 aliphatic rings. The Kier molecular flexibility index (Phi) is 6.75. The molecule has 0 radical (unpaired) electrons. The molecule has 0 bridgehead atoms. The third-order valence-electron chi connectivity index (χ3n) is 3.80. The number of nitrogens with two attached hydrogens (primary N) is 1. The van der Waals surface area contributed by atoms with Gasteiger partial charge in [-0.15, -0.1) is 0 Å². The Labute approximate surface area is 142 Å². The van der Waals surface area contributed by atoms with Crippen LogP contribution in [0.2, 0.25) is 0 Å². The topological polar surface area (TPSA) is 85.4 Å². The number of carbonyl (C=O) groups is 1. The number of aliphatic carboxylic acids is 1. The molecule has 0 aliphatic carbocycles. The molecule has 1 aromatic carbocycles. The average Bonchev–Trinajstić information content (AvgIpc) is 2.56. The van der Waals surface area contributed by atoms with Gasteiger partial charge >= 0.3 is 5.97 Å². The number of hydrogen-bond acceptors (Lipinski definition) is 4. The van der Waals surface area contributed by atoms with Gasteiger partial charge < -0.3 is 15.6 Å². The molecule has 0 saturated heterocycles. The maximum Gasteiger partial charge on any atom is 0.303 e. The molecule has 128 valence electrons. The number of carboxylic acid groups (broad SMARTS) is 1. The first-order chi connectivity index (χ1) is 11.5. The summed E-state index contributed by atoms with van der Waals surface area (Å²) in [6, 6.07) is 13.3. The van der Waals surface area contributed by atoms with E-state index in [0.717, 1.165) is 23.4 Å². The fraction of sp³-hybridized carbons (Fsp3) is 0.368. The van der Waals surface area contributed by atoms with Crippen molar-refractivity contribution in [2.24, 2.45) is 11.7 Å². The Morgan fingerprint density at radius 3 is 2.62 bits per heavy atom. The van der Waals surface area contributed by atoms with Crippen LogP contribution in [0.4, 0.5) is 0 Å². The number of ether oxygens (including phenoxy) is 1. The Morgan fingerprint density at radius 1 is 1.25 bits per heavy atom. The number of aromatic nitrogens is 1. The van der Waals surface area contributed by atoms with Crippen molar-refractivity contribution >= 4 is 5.97 Å². The van der Waals surface area contributed by atoms with Crippen molar-refractivity contribution in [1.29, 1.82) is 0 Å². The highest BCUT2D eigenvalue weighted by Gasteiger charge is 2.09. The Balaban J connectivity index is 1.76. The summed E-state index contributed by atoms with van der Waals surface area (Å²) in [6.07, 6.45) is 3.36. The lowest BCUT2D eigenvalue weighted by Crippen LogP contribution is -2.15. The highest BCUT2D eigenvalue weighted by Crippen LogP contribution is 2.18. The second kappa shape index (κ2) is 9.03. The predicted octanol–water partition coefficient (Wildman–Crippen LogP) is 3.20. The second-order valence-corrected chi connectivity index (χ2v) is 6.05. The molecule has 1 aromatic heterocycles. The Hall–Kier alpha value is -2.40. The molecule has 2 aromatic rings. The minimum atomic E-state index is -0.758. The molecule has 5 heteroatoms. The van der Waals surface area contributed by atoms with Crippen molar-refractivity contribution in [2.75, 3.05) is 6.61 Å². The van der Waals surface area contributed by atoms with Crippen LogP contribution in [0.5, 0.6) is 5.75 Å². The molecule has 0 saturated carbocycles. The molecule has 0 fully saturated rings. The van der Waals surface area contributed by atoms with Crippen LogP contribution in [0, 0.1) is 5.92 Å². The number of hydrogen-bond donors (Lipinski definition) is 2. The van der Waals surface area contributed by atoms with E-state index in [1.165, 1.54) is 0 Å². The van der Waals surface area contributed by atoms with E-state index in [9.17, 15) is 4.79 Å². The van der Waals surface area contributed by atoms with Gasteiger partial charge in [0.25, 0.3) is 0 Å². The van der Waals surface area contributed by atoms with E-state index in [0.29, 0.717) is 13.0 Å². The summed E-state index contributed by atoms with van der Waals surface area (Å²) < 4.78 is 5.72. The van der Waals surface area contributed by atoms with Crippen molar-refractivity contribution < 1.29 is 14.6 Å². The largest absolute Gasteiger partial charge is 0.494 e. The molecule has 0 aliphatic heterocycles. The Morgan fingerprint density at radius 2 is 2.00 bits per heavy atom. The SMILES string of the molecule is CC(CC(=O)O)Cc1ccc(OCCC(N)c2ccccn2)cc1. The van der Waals surface area contributed by atoms with Crippen molar-refractivity contribution in [3.63, 3.8) is 0 Å². The van der Waals surface area contributed by atoms with E-state index >= 15 is 0 Å². The van der Waals surface area contributed by atoms with E-state index in [-0.39, 0.29) is 18.4 Å².